The molecule has 1 N–H and O–H groups in total. The lowest BCUT2D eigenvalue weighted by molar-refractivity contribution is -0.122. The molecule has 6 nitrogen and oxygen atoms in total. The Morgan fingerprint density at radius 3 is 2.69 bits per heavy atom. The van der Waals surface area contributed by atoms with Crippen LogP contribution in [0.25, 0.3) is 11.4 Å². The van der Waals surface area contributed by atoms with Gasteiger partial charge in [0.2, 0.25) is 11.7 Å². The number of amides is 1. The van der Waals surface area contributed by atoms with Crippen LogP contribution >= 0.6 is 0 Å². The molecule has 0 radical (unpaired) electrons. The summed E-state index contributed by atoms with van der Waals surface area (Å²) in [5.74, 6) is 0.855. The van der Waals surface area contributed by atoms with Crippen molar-refractivity contribution in [3.05, 3.63) is 65.2 Å². The lowest BCUT2D eigenvalue weighted by Crippen LogP contribution is -2.31. The minimum absolute atomic E-state index is 0.0792. The molecule has 0 bridgehead atoms. The first-order valence-electron chi connectivity index (χ1n) is 8.80. The van der Waals surface area contributed by atoms with Crippen LogP contribution in [0.3, 0.4) is 0 Å². The van der Waals surface area contributed by atoms with E-state index in [1.165, 1.54) is 21.5 Å². The zero-order chi connectivity index (χ0) is 18.1. The van der Waals surface area contributed by atoms with E-state index in [-0.39, 0.29) is 18.5 Å². The Labute approximate surface area is 152 Å². The van der Waals surface area contributed by atoms with Crippen LogP contribution in [0.5, 0.6) is 0 Å². The van der Waals surface area contributed by atoms with Crippen molar-refractivity contribution < 1.29 is 4.79 Å². The molecule has 2 atom stereocenters. The number of hydrogen-bond acceptors (Lipinski definition) is 4. The summed E-state index contributed by atoms with van der Waals surface area (Å²) in [5.41, 5.74) is 4.66. The van der Waals surface area contributed by atoms with E-state index in [0.29, 0.717) is 11.7 Å². The van der Waals surface area contributed by atoms with Crippen LogP contribution in [0.1, 0.15) is 29.0 Å². The predicted molar refractivity (Wildman–Crippen MR) is 98.5 cm³/mol. The van der Waals surface area contributed by atoms with Crippen molar-refractivity contribution in [2.75, 3.05) is 0 Å². The third-order valence-corrected chi connectivity index (χ3v) is 4.77. The summed E-state index contributed by atoms with van der Waals surface area (Å²) in [6.07, 6.45) is 0.982. The van der Waals surface area contributed by atoms with Gasteiger partial charge in [-0.1, -0.05) is 54.1 Å². The highest BCUT2D eigenvalue weighted by molar-refractivity contribution is 5.76. The fourth-order valence-corrected chi connectivity index (χ4v) is 3.21. The van der Waals surface area contributed by atoms with Gasteiger partial charge in [0.1, 0.15) is 6.54 Å². The van der Waals surface area contributed by atoms with Crippen LogP contribution in [0, 0.1) is 13.8 Å². The van der Waals surface area contributed by atoms with Gasteiger partial charge in [0.15, 0.2) is 0 Å². The Morgan fingerprint density at radius 2 is 1.92 bits per heavy atom. The third-order valence-electron chi connectivity index (χ3n) is 4.77. The number of nitrogens with one attached hydrogen (secondary N) is 1. The van der Waals surface area contributed by atoms with Crippen LogP contribution < -0.4 is 5.32 Å². The maximum atomic E-state index is 12.3. The normalized spacial score (nSPS) is 18.5. The highest BCUT2D eigenvalue weighted by Crippen LogP contribution is 2.42. The van der Waals surface area contributed by atoms with E-state index in [0.717, 1.165) is 12.0 Å². The number of carbonyl (C=O) groups is 1. The lowest BCUT2D eigenvalue weighted by Gasteiger charge is -2.06. The van der Waals surface area contributed by atoms with Gasteiger partial charge in [-0.25, -0.2) is 0 Å². The summed E-state index contributed by atoms with van der Waals surface area (Å²) in [7, 11) is 0. The molecule has 3 aromatic rings. The van der Waals surface area contributed by atoms with Gasteiger partial charge in [0.05, 0.1) is 0 Å². The summed E-state index contributed by atoms with van der Waals surface area (Å²) >= 11 is 0. The summed E-state index contributed by atoms with van der Waals surface area (Å²) in [6.45, 7) is 4.22. The van der Waals surface area contributed by atoms with Crippen molar-refractivity contribution in [3.63, 3.8) is 0 Å². The second-order valence-corrected chi connectivity index (χ2v) is 6.88. The molecular formula is C20H21N5O. The summed E-state index contributed by atoms with van der Waals surface area (Å²) in [5, 5.41) is 15.4. The molecule has 1 aliphatic rings. The molecule has 26 heavy (non-hydrogen) atoms. The quantitative estimate of drug-likeness (QED) is 0.770. The molecule has 132 valence electrons. The summed E-state index contributed by atoms with van der Waals surface area (Å²) in [6, 6.07) is 16.4. The molecule has 1 fully saturated rings. The minimum atomic E-state index is -0.0843. The molecule has 0 spiro atoms. The Morgan fingerprint density at radius 1 is 1.15 bits per heavy atom. The Bertz CT molecular complexity index is 931. The lowest BCUT2D eigenvalue weighted by atomic mass is 10.0. The number of aromatic nitrogens is 4. The van der Waals surface area contributed by atoms with Crippen LogP contribution in [0.15, 0.2) is 48.5 Å². The van der Waals surface area contributed by atoms with Crippen LogP contribution in [-0.4, -0.2) is 32.2 Å². The van der Waals surface area contributed by atoms with Gasteiger partial charge in [0.25, 0.3) is 0 Å². The van der Waals surface area contributed by atoms with E-state index >= 15 is 0 Å². The average Bonchev–Trinajstić information content (AvgIpc) is 3.21. The van der Waals surface area contributed by atoms with Gasteiger partial charge < -0.3 is 5.32 Å². The molecular weight excluding hydrogens is 326 g/mol. The smallest absolute Gasteiger partial charge is 0.243 e. The van der Waals surface area contributed by atoms with E-state index in [2.05, 4.69) is 39.8 Å². The molecule has 0 saturated heterocycles. The maximum Gasteiger partial charge on any atom is 0.243 e. The number of benzene rings is 2. The summed E-state index contributed by atoms with van der Waals surface area (Å²) in [4.78, 5) is 13.6. The third kappa shape index (κ3) is 3.49. The van der Waals surface area contributed by atoms with Crippen molar-refractivity contribution in [1.29, 1.82) is 0 Å². The average molecular weight is 347 g/mol. The molecule has 0 aliphatic heterocycles. The number of hydrogen-bond donors (Lipinski definition) is 1. The molecule has 1 amide bonds. The van der Waals surface area contributed by atoms with Gasteiger partial charge in [-0.2, -0.15) is 4.80 Å². The zero-order valence-corrected chi connectivity index (χ0v) is 14.9. The van der Waals surface area contributed by atoms with E-state index in [4.69, 9.17) is 0 Å². The number of tetrazole rings is 1. The number of nitrogens with zero attached hydrogens (tertiary/aromatic N) is 4. The van der Waals surface area contributed by atoms with Crippen LogP contribution in [0.2, 0.25) is 0 Å². The molecule has 4 rings (SSSR count). The van der Waals surface area contributed by atoms with Crippen molar-refractivity contribution in [3.8, 4) is 11.4 Å². The van der Waals surface area contributed by atoms with E-state index < -0.39 is 0 Å². The first kappa shape index (κ1) is 16.4. The molecule has 0 unspecified atom stereocenters. The van der Waals surface area contributed by atoms with E-state index in [1.54, 1.807) is 0 Å². The van der Waals surface area contributed by atoms with Crippen molar-refractivity contribution in [1.82, 2.24) is 25.5 Å². The molecule has 1 aliphatic carbocycles. The molecule has 2 aromatic carbocycles. The van der Waals surface area contributed by atoms with Crippen molar-refractivity contribution >= 4 is 5.91 Å². The first-order valence-corrected chi connectivity index (χ1v) is 8.80. The van der Waals surface area contributed by atoms with Gasteiger partial charge in [-0.3, -0.25) is 4.79 Å². The second-order valence-electron chi connectivity index (χ2n) is 6.88. The number of carbonyl (C=O) groups excluding carboxylic acids is 1. The van der Waals surface area contributed by atoms with Gasteiger partial charge >= 0.3 is 0 Å². The van der Waals surface area contributed by atoms with Gasteiger partial charge in [-0.15, -0.1) is 10.2 Å². The first-order chi connectivity index (χ1) is 12.6. The second kappa shape index (κ2) is 6.71. The topological polar surface area (TPSA) is 72.7 Å². The van der Waals surface area contributed by atoms with E-state index in [9.17, 15) is 4.79 Å². The Kier molecular flexibility index (Phi) is 4.24. The number of rotatable bonds is 5. The highest BCUT2D eigenvalue weighted by Gasteiger charge is 2.40. The monoisotopic (exact) mass is 347 g/mol. The molecule has 1 saturated carbocycles. The SMILES string of the molecule is Cc1ccc(-c2nnn(CC(=O)N[C@@H]3C[C@@H]3c3ccccc3C)n2)cc1. The fraction of sp³-hybridized carbons (Fsp3) is 0.300. The minimum Gasteiger partial charge on any atom is -0.351 e. The van der Waals surface area contributed by atoms with Crippen LogP contribution in [0.4, 0.5) is 0 Å². The van der Waals surface area contributed by atoms with Crippen molar-refractivity contribution in [2.45, 2.75) is 38.8 Å². The molecule has 6 heteroatoms. The predicted octanol–water partition coefficient (Wildman–Crippen LogP) is 2.63. The highest BCUT2D eigenvalue weighted by atomic mass is 16.2. The Hall–Kier alpha value is -3.02. The largest absolute Gasteiger partial charge is 0.351 e. The molecule has 1 aromatic heterocycles. The van der Waals surface area contributed by atoms with Gasteiger partial charge in [-0.05, 0) is 36.6 Å². The zero-order valence-electron chi connectivity index (χ0n) is 14.9. The maximum absolute atomic E-state index is 12.3. The molecule has 1 heterocycles. The fourth-order valence-electron chi connectivity index (χ4n) is 3.21. The standard InChI is InChI=1S/C20H21N5O/c1-13-7-9-15(10-8-13)20-22-24-25(23-20)12-19(26)21-18-11-17(18)16-6-4-3-5-14(16)2/h3-10,17-18H,11-12H2,1-2H3,(H,21,26)/t17-,18-/m1/s1. The Balaban J connectivity index is 1.35. The summed E-state index contributed by atoms with van der Waals surface area (Å²) < 4.78 is 0. The van der Waals surface area contributed by atoms with E-state index in [1.807, 2.05) is 43.3 Å². The van der Waals surface area contributed by atoms with Crippen molar-refractivity contribution in [2.24, 2.45) is 0 Å². The van der Waals surface area contributed by atoms with Crippen LogP contribution in [-0.2, 0) is 11.3 Å². The number of aryl methyl sites for hydroxylation is 2. The van der Waals surface area contributed by atoms with Gasteiger partial charge in [0, 0.05) is 17.5 Å².